The largest absolute Gasteiger partial charge is 0.389 e. The van der Waals surface area contributed by atoms with Gasteiger partial charge in [-0.15, -0.1) is 0 Å². The maximum Gasteiger partial charge on any atom is 0.0714 e. The highest BCUT2D eigenvalue weighted by molar-refractivity contribution is 5.15. The second-order valence-corrected chi connectivity index (χ2v) is 6.18. The molecule has 0 aromatic rings. The van der Waals surface area contributed by atoms with Crippen molar-refractivity contribution in [3.8, 4) is 0 Å². The Balaban J connectivity index is 2.27. The smallest absolute Gasteiger partial charge is 0.0714 e. The lowest BCUT2D eigenvalue weighted by Gasteiger charge is -2.67. The van der Waals surface area contributed by atoms with E-state index in [1.54, 1.807) is 0 Å². The first-order chi connectivity index (χ1) is 6.42. The summed E-state index contributed by atoms with van der Waals surface area (Å²) in [6, 6.07) is 0. The van der Waals surface area contributed by atoms with Gasteiger partial charge >= 0.3 is 0 Å². The molecule has 1 N–H and O–H groups in total. The minimum Gasteiger partial charge on any atom is -0.389 e. The molecule has 0 bridgehead atoms. The highest BCUT2D eigenvalue weighted by Gasteiger charge is 2.65. The van der Waals surface area contributed by atoms with Crippen molar-refractivity contribution in [2.75, 3.05) is 0 Å². The third kappa shape index (κ3) is 1.05. The first kappa shape index (κ1) is 10.5. The van der Waals surface area contributed by atoms with Crippen LogP contribution >= 0.6 is 0 Å². The van der Waals surface area contributed by atoms with E-state index in [1.165, 1.54) is 12.8 Å². The second-order valence-electron chi connectivity index (χ2n) is 6.18. The minimum atomic E-state index is -0.321. The third-order valence-corrected chi connectivity index (χ3v) is 5.16. The highest BCUT2D eigenvalue weighted by atomic mass is 16.3. The van der Waals surface area contributed by atoms with Crippen LogP contribution in [0.3, 0.4) is 0 Å². The van der Waals surface area contributed by atoms with E-state index in [2.05, 4.69) is 27.7 Å². The molecule has 0 amide bonds. The molecule has 0 aliphatic heterocycles. The maximum absolute atomic E-state index is 10.7. The second kappa shape index (κ2) is 2.98. The highest BCUT2D eigenvalue weighted by Crippen LogP contribution is 2.66. The van der Waals surface area contributed by atoms with Gasteiger partial charge in [-0.1, -0.05) is 27.7 Å². The summed E-state index contributed by atoms with van der Waals surface area (Å²) >= 11 is 0. The zero-order chi connectivity index (χ0) is 10.6. The molecule has 0 spiro atoms. The predicted molar refractivity (Wildman–Crippen MR) is 59.0 cm³/mol. The molecule has 2 aliphatic carbocycles. The Kier molecular flexibility index (Phi) is 2.23. The van der Waals surface area contributed by atoms with E-state index in [4.69, 9.17) is 0 Å². The Morgan fingerprint density at radius 2 is 1.86 bits per heavy atom. The SMILES string of the molecule is CC1CCC2(C(C)C)C(C)CC2(O)C1. The molecule has 4 atom stereocenters. The topological polar surface area (TPSA) is 20.2 Å². The summed E-state index contributed by atoms with van der Waals surface area (Å²) in [4.78, 5) is 0. The number of rotatable bonds is 1. The van der Waals surface area contributed by atoms with Crippen LogP contribution in [0.4, 0.5) is 0 Å². The lowest BCUT2D eigenvalue weighted by molar-refractivity contribution is -0.258. The van der Waals surface area contributed by atoms with Gasteiger partial charge < -0.3 is 5.11 Å². The lowest BCUT2D eigenvalue weighted by atomic mass is 9.41. The van der Waals surface area contributed by atoms with Gasteiger partial charge in [0.1, 0.15) is 0 Å². The summed E-state index contributed by atoms with van der Waals surface area (Å²) in [5.41, 5.74) is -0.0717. The van der Waals surface area contributed by atoms with Crippen LogP contribution in [0.5, 0.6) is 0 Å². The molecule has 0 aromatic carbocycles. The zero-order valence-electron chi connectivity index (χ0n) is 10.0. The van der Waals surface area contributed by atoms with E-state index in [0.717, 1.165) is 24.7 Å². The lowest BCUT2D eigenvalue weighted by Crippen LogP contribution is -2.67. The summed E-state index contributed by atoms with van der Waals surface area (Å²) in [6.45, 7) is 9.18. The Hall–Kier alpha value is -0.0400. The average molecular weight is 196 g/mol. The quantitative estimate of drug-likeness (QED) is 0.682. The van der Waals surface area contributed by atoms with Crippen LogP contribution in [-0.2, 0) is 0 Å². The van der Waals surface area contributed by atoms with E-state index in [-0.39, 0.29) is 11.0 Å². The number of hydrogen-bond acceptors (Lipinski definition) is 1. The molecule has 2 saturated carbocycles. The van der Waals surface area contributed by atoms with Crippen LogP contribution < -0.4 is 0 Å². The molecule has 0 saturated heterocycles. The molecule has 2 rings (SSSR count). The van der Waals surface area contributed by atoms with Gasteiger partial charge in [0.25, 0.3) is 0 Å². The molecule has 82 valence electrons. The summed E-state index contributed by atoms with van der Waals surface area (Å²) in [5, 5.41) is 10.7. The normalized spacial score (nSPS) is 52.7. The first-order valence-corrected chi connectivity index (χ1v) is 6.15. The maximum atomic E-state index is 10.7. The van der Waals surface area contributed by atoms with Crippen molar-refractivity contribution < 1.29 is 5.11 Å². The van der Waals surface area contributed by atoms with E-state index in [1.807, 2.05) is 0 Å². The van der Waals surface area contributed by atoms with E-state index < -0.39 is 0 Å². The van der Waals surface area contributed by atoms with Gasteiger partial charge in [-0.05, 0) is 43.4 Å². The van der Waals surface area contributed by atoms with Crippen molar-refractivity contribution in [3.05, 3.63) is 0 Å². The molecule has 14 heavy (non-hydrogen) atoms. The molecule has 0 heterocycles. The Morgan fingerprint density at radius 3 is 2.29 bits per heavy atom. The van der Waals surface area contributed by atoms with Gasteiger partial charge in [-0.2, -0.15) is 0 Å². The molecule has 2 aliphatic rings. The summed E-state index contributed by atoms with van der Waals surface area (Å²) in [6.07, 6.45) is 4.62. The van der Waals surface area contributed by atoms with E-state index in [9.17, 15) is 5.11 Å². The monoisotopic (exact) mass is 196 g/mol. The summed E-state index contributed by atoms with van der Waals surface area (Å²) < 4.78 is 0. The van der Waals surface area contributed by atoms with Crippen LogP contribution in [0.2, 0.25) is 0 Å². The van der Waals surface area contributed by atoms with Gasteiger partial charge in [0.15, 0.2) is 0 Å². The summed E-state index contributed by atoms with van der Waals surface area (Å²) in [7, 11) is 0. The predicted octanol–water partition coefficient (Wildman–Crippen LogP) is 3.22. The van der Waals surface area contributed by atoms with Gasteiger partial charge in [-0.25, -0.2) is 0 Å². The Labute approximate surface area is 87.9 Å². The van der Waals surface area contributed by atoms with Crippen LogP contribution in [0.25, 0.3) is 0 Å². The molecular formula is C13H24O. The van der Waals surface area contributed by atoms with Gasteiger partial charge in [0, 0.05) is 5.41 Å². The van der Waals surface area contributed by atoms with Crippen molar-refractivity contribution in [2.24, 2.45) is 23.2 Å². The number of fused-ring (bicyclic) bond motifs is 1. The molecule has 1 heteroatoms. The molecule has 4 unspecified atom stereocenters. The van der Waals surface area contributed by atoms with Gasteiger partial charge in [0.2, 0.25) is 0 Å². The average Bonchev–Trinajstić information content (AvgIpc) is 2.01. The van der Waals surface area contributed by atoms with Crippen molar-refractivity contribution >= 4 is 0 Å². The Bertz CT molecular complexity index is 229. The van der Waals surface area contributed by atoms with E-state index in [0.29, 0.717) is 5.92 Å². The summed E-state index contributed by atoms with van der Waals surface area (Å²) in [5.74, 6) is 2.07. The fourth-order valence-electron chi connectivity index (χ4n) is 4.52. The first-order valence-electron chi connectivity index (χ1n) is 6.15. The molecule has 2 fully saturated rings. The van der Waals surface area contributed by atoms with Crippen LogP contribution in [0, 0.1) is 23.2 Å². The van der Waals surface area contributed by atoms with Crippen LogP contribution in [0.1, 0.15) is 53.4 Å². The van der Waals surface area contributed by atoms with Gasteiger partial charge in [0.05, 0.1) is 5.60 Å². The molecule has 0 radical (unpaired) electrons. The fraction of sp³-hybridized carbons (Fsp3) is 1.00. The standard InChI is InChI=1S/C13H24O/c1-9(2)13-6-5-10(3)7-12(13,14)8-11(13)4/h9-11,14H,5-8H2,1-4H3. The molecule has 0 aromatic heterocycles. The van der Waals surface area contributed by atoms with Crippen molar-refractivity contribution in [1.29, 1.82) is 0 Å². The van der Waals surface area contributed by atoms with Crippen molar-refractivity contribution in [1.82, 2.24) is 0 Å². The van der Waals surface area contributed by atoms with Crippen molar-refractivity contribution in [2.45, 2.75) is 59.0 Å². The molecular weight excluding hydrogens is 172 g/mol. The van der Waals surface area contributed by atoms with Gasteiger partial charge in [-0.3, -0.25) is 0 Å². The fourth-order valence-corrected chi connectivity index (χ4v) is 4.52. The minimum absolute atomic E-state index is 0.250. The number of aliphatic hydroxyl groups is 1. The molecule has 1 nitrogen and oxygen atoms in total. The van der Waals surface area contributed by atoms with Crippen LogP contribution in [0.15, 0.2) is 0 Å². The zero-order valence-corrected chi connectivity index (χ0v) is 10.0. The third-order valence-electron chi connectivity index (χ3n) is 5.16. The number of hydrogen-bond donors (Lipinski definition) is 1. The van der Waals surface area contributed by atoms with Crippen LogP contribution in [-0.4, -0.2) is 10.7 Å². The van der Waals surface area contributed by atoms with E-state index >= 15 is 0 Å². The van der Waals surface area contributed by atoms with Crippen molar-refractivity contribution in [3.63, 3.8) is 0 Å². The Morgan fingerprint density at radius 1 is 1.21 bits per heavy atom.